The summed E-state index contributed by atoms with van der Waals surface area (Å²) in [6.45, 7) is 1.63. The molecule has 1 N–H and O–H groups in total. The van der Waals surface area contributed by atoms with Gasteiger partial charge in [-0.3, -0.25) is 9.36 Å². The van der Waals surface area contributed by atoms with E-state index in [1.165, 1.54) is 5.56 Å². The summed E-state index contributed by atoms with van der Waals surface area (Å²) in [5.74, 6) is 0. The average molecular weight is 205 g/mol. The molecule has 2 aromatic rings. The molecule has 80 valence electrons. The molecule has 0 aliphatic heterocycles. The molecule has 0 aromatic carbocycles. The summed E-state index contributed by atoms with van der Waals surface area (Å²) in [5.41, 5.74) is 2.36. The standard InChI is InChI=1S/C10H15N5/c1-11-3-9-4-13-15(7-9)8-10-5-12-14(2)6-10/h4-7,11H,3,8H2,1-2H3. The van der Waals surface area contributed by atoms with E-state index < -0.39 is 0 Å². The Balaban J connectivity index is 2.04. The second-order valence-corrected chi connectivity index (χ2v) is 3.60. The van der Waals surface area contributed by atoms with Crippen LogP contribution in [-0.2, 0) is 20.1 Å². The maximum Gasteiger partial charge on any atom is 0.0690 e. The van der Waals surface area contributed by atoms with E-state index in [2.05, 4.69) is 15.5 Å². The third kappa shape index (κ3) is 2.44. The Bertz CT molecular complexity index is 428. The zero-order chi connectivity index (χ0) is 10.7. The van der Waals surface area contributed by atoms with Crippen LogP contribution in [0.4, 0.5) is 0 Å². The molecule has 2 heterocycles. The summed E-state index contributed by atoms with van der Waals surface area (Å²) in [6.07, 6.45) is 7.79. The third-order valence-corrected chi connectivity index (χ3v) is 2.17. The van der Waals surface area contributed by atoms with Crippen LogP contribution in [0.3, 0.4) is 0 Å². The predicted octanol–water partition coefficient (Wildman–Crippen LogP) is 0.384. The van der Waals surface area contributed by atoms with Gasteiger partial charge < -0.3 is 5.32 Å². The summed E-state index contributed by atoms with van der Waals surface area (Å²) in [4.78, 5) is 0. The van der Waals surface area contributed by atoms with Gasteiger partial charge in [-0.1, -0.05) is 0 Å². The van der Waals surface area contributed by atoms with Crippen molar-refractivity contribution in [3.8, 4) is 0 Å². The maximum absolute atomic E-state index is 4.28. The van der Waals surface area contributed by atoms with E-state index in [4.69, 9.17) is 0 Å². The molecule has 0 fully saturated rings. The van der Waals surface area contributed by atoms with Crippen molar-refractivity contribution in [3.63, 3.8) is 0 Å². The lowest BCUT2D eigenvalue weighted by Gasteiger charge is -1.97. The normalized spacial score (nSPS) is 10.8. The number of hydrogen-bond acceptors (Lipinski definition) is 3. The van der Waals surface area contributed by atoms with E-state index in [0.29, 0.717) is 0 Å². The zero-order valence-electron chi connectivity index (χ0n) is 9.01. The molecule has 0 aliphatic carbocycles. The van der Waals surface area contributed by atoms with Crippen LogP contribution in [0.25, 0.3) is 0 Å². The van der Waals surface area contributed by atoms with Crippen LogP contribution in [0.15, 0.2) is 24.8 Å². The van der Waals surface area contributed by atoms with Crippen molar-refractivity contribution < 1.29 is 0 Å². The largest absolute Gasteiger partial charge is 0.316 e. The molecule has 0 unspecified atom stereocenters. The quantitative estimate of drug-likeness (QED) is 0.785. The van der Waals surface area contributed by atoms with Gasteiger partial charge in [0, 0.05) is 37.1 Å². The van der Waals surface area contributed by atoms with Crippen LogP contribution in [0, 0.1) is 0 Å². The first-order valence-electron chi connectivity index (χ1n) is 4.91. The maximum atomic E-state index is 4.28. The Morgan fingerprint density at radius 1 is 1.20 bits per heavy atom. The second-order valence-electron chi connectivity index (χ2n) is 3.60. The minimum absolute atomic E-state index is 0.775. The van der Waals surface area contributed by atoms with Gasteiger partial charge in [0.1, 0.15) is 0 Å². The van der Waals surface area contributed by atoms with Crippen LogP contribution in [0.1, 0.15) is 11.1 Å². The monoisotopic (exact) mass is 205 g/mol. The Hall–Kier alpha value is -1.62. The first-order chi connectivity index (χ1) is 7.28. The molecule has 2 aromatic heterocycles. The number of aryl methyl sites for hydroxylation is 1. The number of hydrogen-bond donors (Lipinski definition) is 1. The number of rotatable bonds is 4. The van der Waals surface area contributed by atoms with Gasteiger partial charge in [-0.25, -0.2) is 0 Å². The highest BCUT2D eigenvalue weighted by molar-refractivity contribution is 5.08. The van der Waals surface area contributed by atoms with Gasteiger partial charge in [0.15, 0.2) is 0 Å². The van der Waals surface area contributed by atoms with Gasteiger partial charge >= 0.3 is 0 Å². The van der Waals surface area contributed by atoms with E-state index in [1.54, 1.807) is 4.68 Å². The van der Waals surface area contributed by atoms with Gasteiger partial charge in [0.25, 0.3) is 0 Å². The molecule has 0 spiro atoms. The van der Waals surface area contributed by atoms with Crippen molar-refractivity contribution >= 4 is 0 Å². The van der Waals surface area contributed by atoms with Gasteiger partial charge in [0.05, 0.1) is 18.9 Å². The molecule has 2 rings (SSSR count). The summed E-state index contributed by atoms with van der Waals surface area (Å²) in [5, 5.41) is 11.5. The highest BCUT2D eigenvalue weighted by Crippen LogP contribution is 2.02. The lowest BCUT2D eigenvalue weighted by molar-refractivity contribution is 0.683. The van der Waals surface area contributed by atoms with Crippen LogP contribution in [0.5, 0.6) is 0 Å². The van der Waals surface area contributed by atoms with Crippen LogP contribution in [0.2, 0.25) is 0 Å². The van der Waals surface area contributed by atoms with Gasteiger partial charge in [-0.05, 0) is 7.05 Å². The molecule has 5 nitrogen and oxygen atoms in total. The van der Waals surface area contributed by atoms with Crippen molar-refractivity contribution in [2.75, 3.05) is 7.05 Å². The molecule has 0 bridgehead atoms. The van der Waals surface area contributed by atoms with Crippen LogP contribution in [-0.4, -0.2) is 26.6 Å². The lowest BCUT2D eigenvalue weighted by atomic mass is 10.3. The Morgan fingerprint density at radius 2 is 2.00 bits per heavy atom. The molecule has 0 amide bonds. The van der Waals surface area contributed by atoms with Gasteiger partial charge in [-0.2, -0.15) is 10.2 Å². The summed E-state index contributed by atoms with van der Waals surface area (Å²) in [7, 11) is 3.84. The lowest BCUT2D eigenvalue weighted by Crippen LogP contribution is -2.04. The SMILES string of the molecule is CNCc1cnn(Cc2cnn(C)c2)c1. The smallest absolute Gasteiger partial charge is 0.0690 e. The Morgan fingerprint density at radius 3 is 2.67 bits per heavy atom. The highest BCUT2D eigenvalue weighted by atomic mass is 15.3. The van der Waals surface area contributed by atoms with Crippen LogP contribution < -0.4 is 5.32 Å². The fourth-order valence-corrected chi connectivity index (χ4v) is 1.53. The highest BCUT2D eigenvalue weighted by Gasteiger charge is 2.00. The topological polar surface area (TPSA) is 47.7 Å². The summed E-state index contributed by atoms with van der Waals surface area (Å²) in [6, 6.07) is 0. The fourth-order valence-electron chi connectivity index (χ4n) is 1.53. The van der Waals surface area contributed by atoms with Gasteiger partial charge in [-0.15, -0.1) is 0 Å². The van der Waals surface area contributed by atoms with Crippen LogP contribution >= 0.6 is 0 Å². The zero-order valence-corrected chi connectivity index (χ0v) is 9.01. The molecule has 0 atom stereocenters. The first kappa shape index (κ1) is 9.92. The Kier molecular flexibility index (Phi) is 2.82. The minimum atomic E-state index is 0.775. The molecule has 0 saturated heterocycles. The molecule has 0 saturated carbocycles. The molecular formula is C10H15N5. The first-order valence-corrected chi connectivity index (χ1v) is 4.91. The molecule has 5 heteroatoms. The van der Waals surface area contributed by atoms with E-state index in [0.717, 1.165) is 18.7 Å². The van der Waals surface area contributed by atoms with Crippen molar-refractivity contribution in [3.05, 3.63) is 35.9 Å². The second kappa shape index (κ2) is 4.27. The fraction of sp³-hybridized carbons (Fsp3) is 0.400. The molecule has 0 radical (unpaired) electrons. The number of aromatic nitrogens is 4. The van der Waals surface area contributed by atoms with Crippen molar-refractivity contribution in [2.24, 2.45) is 7.05 Å². The minimum Gasteiger partial charge on any atom is -0.316 e. The van der Waals surface area contributed by atoms with E-state index in [-0.39, 0.29) is 0 Å². The van der Waals surface area contributed by atoms with Crippen molar-refractivity contribution in [1.82, 2.24) is 24.9 Å². The van der Waals surface area contributed by atoms with E-state index in [9.17, 15) is 0 Å². The number of nitrogens with zero attached hydrogens (tertiary/aromatic N) is 4. The summed E-state index contributed by atoms with van der Waals surface area (Å²) < 4.78 is 3.72. The summed E-state index contributed by atoms with van der Waals surface area (Å²) >= 11 is 0. The van der Waals surface area contributed by atoms with Crippen molar-refractivity contribution in [2.45, 2.75) is 13.1 Å². The Labute approximate surface area is 88.7 Å². The van der Waals surface area contributed by atoms with E-state index >= 15 is 0 Å². The predicted molar refractivity (Wildman–Crippen MR) is 57.3 cm³/mol. The van der Waals surface area contributed by atoms with Gasteiger partial charge in [0.2, 0.25) is 0 Å². The van der Waals surface area contributed by atoms with Crippen molar-refractivity contribution in [1.29, 1.82) is 0 Å². The molecular weight excluding hydrogens is 190 g/mol. The van der Waals surface area contributed by atoms with E-state index in [1.807, 2.05) is 43.6 Å². The molecule has 0 aliphatic rings. The number of nitrogens with one attached hydrogen (secondary N) is 1. The average Bonchev–Trinajstić information content (AvgIpc) is 2.78. The third-order valence-electron chi connectivity index (χ3n) is 2.17. The molecule has 15 heavy (non-hydrogen) atoms.